The van der Waals surface area contributed by atoms with Crippen LogP contribution in [0.15, 0.2) is 140 Å². The molecule has 1 heterocycles. The third kappa shape index (κ3) is 10.2. The van der Waals surface area contributed by atoms with E-state index in [-0.39, 0.29) is 12.1 Å². The van der Waals surface area contributed by atoms with Gasteiger partial charge >= 0.3 is 12.1 Å². The molecule has 3 atom stereocenters. The number of morpholine rings is 1. The normalized spacial score (nSPS) is 15.9. The lowest BCUT2D eigenvalue weighted by molar-refractivity contribution is -0.120. The summed E-state index contributed by atoms with van der Waals surface area (Å²) in [6.45, 7) is 1.64. The minimum Gasteiger partial charge on any atom is -0.465 e. The van der Waals surface area contributed by atoms with Crippen LogP contribution in [0, 0.1) is 0 Å². The highest BCUT2D eigenvalue weighted by atomic mass is 16.5. The van der Waals surface area contributed by atoms with Crippen molar-refractivity contribution in [2.75, 3.05) is 30.4 Å². The monoisotopic (exact) mass is 739 g/mol. The molecule has 0 radical (unpaired) electrons. The predicted octanol–water partition coefficient (Wildman–Crippen LogP) is 7.44. The van der Waals surface area contributed by atoms with E-state index in [2.05, 4.69) is 10.6 Å². The number of likely N-dealkylation sites (N-methyl/N-ethyl adjacent to an activating group) is 1. The molecule has 5 aromatic rings. The summed E-state index contributed by atoms with van der Waals surface area (Å²) in [5, 5.41) is 16.9. The number of hydrogen-bond donors (Lipinski definition) is 4. The zero-order valence-electron chi connectivity index (χ0n) is 31.1. The van der Waals surface area contributed by atoms with Crippen molar-refractivity contribution in [3.63, 3.8) is 0 Å². The molecule has 0 bridgehead atoms. The van der Waals surface area contributed by atoms with Gasteiger partial charge in [-0.3, -0.25) is 14.6 Å². The minimum atomic E-state index is -1.19. The molecule has 1 aliphatic rings. The highest BCUT2D eigenvalue weighted by Crippen LogP contribution is 2.32. The summed E-state index contributed by atoms with van der Waals surface area (Å²) in [5.41, 5.74) is 12.0. The van der Waals surface area contributed by atoms with Gasteiger partial charge in [0.15, 0.2) is 0 Å². The molecule has 0 aliphatic carbocycles. The molecule has 5 N–H and O–H groups in total. The number of primary amides is 1. The first-order valence-electron chi connectivity index (χ1n) is 18.8. The lowest BCUT2D eigenvalue weighted by Crippen LogP contribution is -2.48. The van der Waals surface area contributed by atoms with E-state index in [1.54, 1.807) is 4.90 Å². The van der Waals surface area contributed by atoms with Gasteiger partial charge in [0.2, 0.25) is 5.91 Å². The number of urea groups is 1. The van der Waals surface area contributed by atoms with Crippen molar-refractivity contribution in [1.29, 1.82) is 0 Å². The van der Waals surface area contributed by atoms with Gasteiger partial charge in [-0.15, -0.1) is 0 Å². The van der Waals surface area contributed by atoms with E-state index in [1.165, 1.54) is 7.05 Å². The first-order valence-corrected chi connectivity index (χ1v) is 18.8. The van der Waals surface area contributed by atoms with Crippen LogP contribution < -0.4 is 21.3 Å². The van der Waals surface area contributed by atoms with Crippen molar-refractivity contribution in [3.05, 3.63) is 167 Å². The fourth-order valence-electron chi connectivity index (χ4n) is 7.33. The zero-order valence-corrected chi connectivity index (χ0v) is 31.1. The molecule has 0 saturated carbocycles. The minimum absolute atomic E-state index is 0.0186. The number of benzene rings is 5. The molecule has 55 heavy (non-hydrogen) atoms. The highest BCUT2D eigenvalue weighted by molar-refractivity contribution is 5.98. The Labute approximate surface area is 322 Å². The summed E-state index contributed by atoms with van der Waals surface area (Å²) in [6.07, 6.45) is 1.76. The summed E-state index contributed by atoms with van der Waals surface area (Å²) in [7, 11) is 1.44. The number of nitrogens with zero attached hydrogens (tertiary/aromatic N) is 2. The van der Waals surface area contributed by atoms with Crippen molar-refractivity contribution in [2.45, 2.75) is 56.3 Å². The number of rotatable bonds is 15. The van der Waals surface area contributed by atoms with Crippen LogP contribution >= 0.6 is 0 Å². The van der Waals surface area contributed by atoms with Gasteiger partial charge in [-0.25, -0.2) is 9.59 Å². The van der Waals surface area contributed by atoms with E-state index in [1.807, 2.05) is 140 Å². The molecule has 1 fully saturated rings. The molecule has 1 aliphatic heterocycles. The van der Waals surface area contributed by atoms with Gasteiger partial charge < -0.3 is 26.2 Å². The molecular weight excluding hydrogens is 691 g/mol. The maximum absolute atomic E-state index is 14.2. The number of ether oxygens (including phenoxy) is 1. The fraction of sp³-hybridized carbons (Fsp3) is 0.267. The van der Waals surface area contributed by atoms with Gasteiger partial charge in [-0.1, -0.05) is 127 Å². The third-order valence-corrected chi connectivity index (χ3v) is 10.3. The van der Waals surface area contributed by atoms with Gasteiger partial charge in [0.25, 0.3) is 0 Å². The van der Waals surface area contributed by atoms with Crippen LogP contribution in [-0.4, -0.2) is 66.4 Å². The number of hydrogen-bond acceptors (Lipinski definition) is 5. The Bertz CT molecular complexity index is 1970. The average molecular weight is 740 g/mol. The summed E-state index contributed by atoms with van der Waals surface area (Å²) < 4.78 is 6.34. The average Bonchev–Trinajstić information content (AvgIpc) is 3.22. The molecular formula is C45H49N5O5. The smallest absolute Gasteiger partial charge is 0.407 e. The van der Waals surface area contributed by atoms with Crippen molar-refractivity contribution in [1.82, 2.24) is 10.2 Å². The number of para-hydroxylation sites is 2. The summed E-state index contributed by atoms with van der Waals surface area (Å²) in [4.78, 5) is 41.8. The Balaban J connectivity index is 1.07. The molecule has 6 rings (SSSR count). The number of carboxylic acid groups (broad SMARTS) is 1. The number of amides is 4. The highest BCUT2D eigenvalue weighted by Gasteiger charge is 2.37. The van der Waals surface area contributed by atoms with Gasteiger partial charge in [0.05, 0.1) is 19.3 Å². The topological polar surface area (TPSA) is 137 Å². The van der Waals surface area contributed by atoms with E-state index in [0.717, 1.165) is 57.7 Å². The Morgan fingerprint density at radius 2 is 1.35 bits per heavy atom. The Hall–Kier alpha value is -5.97. The first kappa shape index (κ1) is 38.7. The van der Waals surface area contributed by atoms with Gasteiger partial charge in [0, 0.05) is 36.9 Å². The molecule has 10 nitrogen and oxygen atoms in total. The zero-order chi connectivity index (χ0) is 38.6. The van der Waals surface area contributed by atoms with Crippen LogP contribution in [0.2, 0.25) is 0 Å². The molecule has 284 valence electrons. The number of aryl methyl sites for hydroxylation is 2. The molecule has 10 heteroatoms. The first-order chi connectivity index (χ1) is 26.8. The number of nitrogens with one attached hydrogen (secondary N) is 2. The Morgan fingerprint density at radius 1 is 0.782 bits per heavy atom. The number of carbonyl (C=O) groups is 3. The van der Waals surface area contributed by atoms with Crippen LogP contribution in [-0.2, 0) is 28.9 Å². The van der Waals surface area contributed by atoms with E-state index in [0.29, 0.717) is 31.8 Å². The molecule has 0 spiro atoms. The number of carbonyl (C=O) groups excluding carboxylic acids is 2. The van der Waals surface area contributed by atoms with Gasteiger partial charge in [-0.05, 0) is 65.6 Å². The second-order valence-electron chi connectivity index (χ2n) is 14.0. The SMILES string of the molecule is CN(C(=O)O)[C@H](C(=O)Nc1ccccc1CC[C@@H]1CN[C@H](CCc2ccccc2N(Cc2ccccc2)C(N)=O)CO1)C(c1ccccc1)c1ccccc1. The molecule has 4 amide bonds. The van der Waals surface area contributed by atoms with Crippen molar-refractivity contribution in [2.24, 2.45) is 5.73 Å². The molecule has 5 aromatic carbocycles. The standard InChI is InChI=1S/C45H49N5O5/c1-49(45(53)54)42(41(35-19-7-3-8-20-35)36-21-9-4-10-22-36)43(51)48-39-23-13-11-17-33(39)26-28-38-29-47-37(31-55-38)27-25-34-18-12-14-24-40(34)50(44(46)52)30-32-15-5-2-6-16-32/h2-24,37-38,41-42,47H,25-31H2,1H3,(H2,46,52)(H,48,51)(H,53,54)/t37-,38-,42+/m1/s1. The van der Waals surface area contributed by atoms with Gasteiger partial charge in [-0.2, -0.15) is 0 Å². The van der Waals surface area contributed by atoms with Crippen LogP contribution in [0.3, 0.4) is 0 Å². The second kappa shape index (κ2) is 18.9. The van der Waals surface area contributed by atoms with Crippen LogP contribution in [0.4, 0.5) is 21.0 Å². The largest absolute Gasteiger partial charge is 0.465 e. The summed E-state index contributed by atoms with van der Waals surface area (Å²) in [5.74, 6) is -0.941. The van der Waals surface area contributed by atoms with Crippen LogP contribution in [0.1, 0.15) is 46.6 Å². The van der Waals surface area contributed by atoms with E-state index in [4.69, 9.17) is 10.5 Å². The predicted molar refractivity (Wildman–Crippen MR) is 216 cm³/mol. The Morgan fingerprint density at radius 3 is 1.95 bits per heavy atom. The lowest BCUT2D eigenvalue weighted by atomic mass is 9.84. The maximum atomic E-state index is 14.2. The van der Waals surface area contributed by atoms with Crippen molar-refractivity contribution >= 4 is 29.4 Å². The van der Waals surface area contributed by atoms with Crippen LogP contribution in [0.25, 0.3) is 0 Å². The van der Waals surface area contributed by atoms with E-state index in [9.17, 15) is 19.5 Å². The molecule has 0 aromatic heterocycles. The Kier molecular flexibility index (Phi) is 13.3. The maximum Gasteiger partial charge on any atom is 0.407 e. The summed E-state index contributed by atoms with van der Waals surface area (Å²) in [6, 6.07) is 43.1. The van der Waals surface area contributed by atoms with E-state index >= 15 is 0 Å². The van der Waals surface area contributed by atoms with Crippen LogP contribution in [0.5, 0.6) is 0 Å². The third-order valence-electron chi connectivity index (χ3n) is 10.3. The fourth-order valence-corrected chi connectivity index (χ4v) is 7.33. The van der Waals surface area contributed by atoms with Crippen molar-refractivity contribution in [3.8, 4) is 0 Å². The quantitative estimate of drug-likeness (QED) is 0.0881. The van der Waals surface area contributed by atoms with Crippen molar-refractivity contribution < 1.29 is 24.2 Å². The molecule has 0 unspecified atom stereocenters. The van der Waals surface area contributed by atoms with Gasteiger partial charge in [0.1, 0.15) is 6.04 Å². The second-order valence-corrected chi connectivity index (χ2v) is 14.0. The lowest BCUT2D eigenvalue weighted by Gasteiger charge is -2.33. The molecule has 1 saturated heterocycles. The number of nitrogens with two attached hydrogens (primary N) is 1. The van der Waals surface area contributed by atoms with E-state index < -0.39 is 30.0 Å². The summed E-state index contributed by atoms with van der Waals surface area (Å²) >= 11 is 0. The number of anilines is 2.